The molecule has 1 aliphatic heterocycles. The number of nitrogen functional groups attached to an aromatic ring is 1. The van der Waals surface area contributed by atoms with Crippen LogP contribution in [0.25, 0.3) is 0 Å². The molecule has 0 aliphatic carbocycles. The third-order valence-corrected chi connectivity index (χ3v) is 4.10. The fraction of sp³-hybridized carbons (Fsp3) is 0.235. The van der Waals surface area contributed by atoms with Crippen molar-refractivity contribution >= 4 is 23.0 Å². The third kappa shape index (κ3) is 2.23. The van der Waals surface area contributed by atoms with E-state index in [0.29, 0.717) is 11.3 Å². The fourth-order valence-corrected chi connectivity index (χ4v) is 3.06. The van der Waals surface area contributed by atoms with Crippen molar-refractivity contribution in [2.45, 2.75) is 25.8 Å². The minimum absolute atomic E-state index is 0.266. The van der Waals surface area contributed by atoms with Gasteiger partial charge in [0, 0.05) is 11.7 Å². The molecule has 1 amide bonds. The fourth-order valence-electron chi connectivity index (χ4n) is 3.06. The zero-order valence-corrected chi connectivity index (χ0v) is 12.0. The average Bonchev–Trinajstić information content (AvgIpc) is 2.47. The first-order valence-corrected chi connectivity index (χ1v) is 7.15. The lowest BCUT2D eigenvalue weighted by Crippen LogP contribution is -2.35. The van der Waals surface area contributed by atoms with Gasteiger partial charge in [-0.1, -0.05) is 24.3 Å². The Bertz CT molecular complexity index is 696. The number of aryl methyl sites for hydroxylation is 1. The summed E-state index contributed by atoms with van der Waals surface area (Å²) >= 11 is 0. The molecule has 3 rings (SSSR count). The van der Waals surface area contributed by atoms with Crippen LogP contribution in [0.15, 0.2) is 42.5 Å². The summed E-state index contributed by atoms with van der Waals surface area (Å²) in [6, 6.07) is 13.8. The van der Waals surface area contributed by atoms with E-state index in [1.54, 1.807) is 12.1 Å². The second-order valence-electron chi connectivity index (χ2n) is 5.49. The molecule has 0 bridgehead atoms. The molecule has 0 saturated carbocycles. The Morgan fingerprint density at radius 1 is 1.19 bits per heavy atom. The van der Waals surface area contributed by atoms with Crippen molar-refractivity contribution in [3.8, 4) is 0 Å². The van der Waals surface area contributed by atoms with Crippen molar-refractivity contribution in [3.63, 3.8) is 0 Å². The monoisotopic (exact) mass is 281 g/mol. The van der Waals surface area contributed by atoms with Crippen molar-refractivity contribution in [1.29, 1.82) is 0 Å². The molecule has 2 aromatic rings. The summed E-state index contributed by atoms with van der Waals surface area (Å²) < 4.78 is 0. The maximum atomic E-state index is 11.8. The van der Waals surface area contributed by atoms with Gasteiger partial charge in [0.15, 0.2) is 0 Å². The SMILES string of the molecule is CC1CCc2ccccc2N1c1c(N)cccc1C(N)=O. The van der Waals surface area contributed by atoms with Gasteiger partial charge in [0.25, 0.3) is 5.91 Å². The van der Waals surface area contributed by atoms with Crippen LogP contribution in [0.5, 0.6) is 0 Å². The van der Waals surface area contributed by atoms with Gasteiger partial charge in [-0.2, -0.15) is 0 Å². The molecule has 21 heavy (non-hydrogen) atoms. The largest absolute Gasteiger partial charge is 0.397 e. The van der Waals surface area contributed by atoms with E-state index in [9.17, 15) is 4.79 Å². The highest BCUT2D eigenvalue weighted by Crippen LogP contribution is 2.41. The van der Waals surface area contributed by atoms with Crippen LogP contribution in [0.4, 0.5) is 17.1 Å². The van der Waals surface area contributed by atoms with E-state index in [1.807, 2.05) is 18.2 Å². The number of nitrogens with zero attached hydrogens (tertiary/aromatic N) is 1. The van der Waals surface area contributed by atoms with Gasteiger partial charge < -0.3 is 16.4 Å². The topological polar surface area (TPSA) is 72.3 Å². The summed E-state index contributed by atoms with van der Waals surface area (Å²) in [6.45, 7) is 2.15. The molecular weight excluding hydrogens is 262 g/mol. The van der Waals surface area contributed by atoms with E-state index in [0.717, 1.165) is 24.2 Å². The Morgan fingerprint density at radius 3 is 2.71 bits per heavy atom. The number of carbonyl (C=O) groups excluding carboxylic acids is 1. The van der Waals surface area contributed by atoms with E-state index in [1.165, 1.54) is 5.56 Å². The Balaban J connectivity index is 2.23. The summed E-state index contributed by atoms with van der Waals surface area (Å²) in [5, 5.41) is 0. The maximum absolute atomic E-state index is 11.8. The zero-order valence-electron chi connectivity index (χ0n) is 12.0. The molecule has 4 N–H and O–H groups in total. The van der Waals surface area contributed by atoms with Crippen molar-refractivity contribution in [1.82, 2.24) is 0 Å². The molecule has 0 saturated heterocycles. The summed E-state index contributed by atoms with van der Waals surface area (Å²) in [5.41, 5.74) is 15.9. The van der Waals surface area contributed by atoms with E-state index in [-0.39, 0.29) is 6.04 Å². The molecule has 4 nitrogen and oxygen atoms in total. The first-order chi connectivity index (χ1) is 10.1. The van der Waals surface area contributed by atoms with Crippen LogP contribution in [0.1, 0.15) is 29.3 Å². The van der Waals surface area contributed by atoms with Gasteiger partial charge in [0.05, 0.1) is 16.9 Å². The summed E-state index contributed by atoms with van der Waals surface area (Å²) in [5.74, 6) is -0.451. The first-order valence-electron chi connectivity index (χ1n) is 7.15. The van der Waals surface area contributed by atoms with Crippen LogP contribution < -0.4 is 16.4 Å². The molecular formula is C17H19N3O. The molecule has 1 unspecified atom stereocenters. The van der Waals surface area contributed by atoms with E-state index in [4.69, 9.17) is 11.5 Å². The number of hydrogen-bond donors (Lipinski definition) is 2. The molecule has 4 heteroatoms. The second kappa shape index (κ2) is 5.13. The number of benzene rings is 2. The standard InChI is InChI=1S/C17H19N3O/c1-11-9-10-12-5-2-3-8-15(12)20(11)16-13(17(19)21)6-4-7-14(16)18/h2-8,11H,9-10,18H2,1H3,(H2,19,21). The summed E-state index contributed by atoms with van der Waals surface area (Å²) in [6.07, 6.45) is 2.05. The molecule has 0 aromatic heterocycles. The number of para-hydroxylation sites is 2. The van der Waals surface area contributed by atoms with Gasteiger partial charge in [-0.15, -0.1) is 0 Å². The van der Waals surface area contributed by atoms with Gasteiger partial charge in [-0.05, 0) is 43.5 Å². The summed E-state index contributed by atoms with van der Waals surface area (Å²) in [7, 11) is 0. The van der Waals surface area contributed by atoms with E-state index < -0.39 is 5.91 Å². The number of nitrogens with two attached hydrogens (primary N) is 2. The molecule has 0 fully saturated rings. The highest BCUT2D eigenvalue weighted by molar-refractivity contribution is 6.03. The zero-order chi connectivity index (χ0) is 15.0. The maximum Gasteiger partial charge on any atom is 0.250 e. The van der Waals surface area contributed by atoms with Crippen molar-refractivity contribution in [3.05, 3.63) is 53.6 Å². The number of carbonyl (C=O) groups is 1. The van der Waals surface area contributed by atoms with Crippen LogP contribution in [0.3, 0.4) is 0 Å². The Morgan fingerprint density at radius 2 is 1.95 bits per heavy atom. The van der Waals surface area contributed by atoms with E-state index in [2.05, 4.69) is 24.0 Å². The number of rotatable bonds is 2. The molecule has 2 aromatic carbocycles. The summed E-state index contributed by atoms with van der Waals surface area (Å²) in [4.78, 5) is 13.9. The minimum atomic E-state index is -0.451. The number of hydrogen-bond acceptors (Lipinski definition) is 3. The highest BCUT2D eigenvalue weighted by Gasteiger charge is 2.28. The predicted octanol–water partition coefficient (Wildman–Crippen LogP) is 2.84. The van der Waals surface area contributed by atoms with E-state index >= 15 is 0 Å². The molecule has 1 heterocycles. The minimum Gasteiger partial charge on any atom is -0.397 e. The van der Waals surface area contributed by atoms with Crippen LogP contribution in [-0.4, -0.2) is 11.9 Å². The van der Waals surface area contributed by atoms with Crippen LogP contribution >= 0.6 is 0 Å². The van der Waals surface area contributed by atoms with Crippen molar-refractivity contribution < 1.29 is 4.79 Å². The Hall–Kier alpha value is -2.49. The lowest BCUT2D eigenvalue weighted by atomic mass is 9.94. The molecule has 1 aliphatic rings. The average molecular weight is 281 g/mol. The van der Waals surface area contributed by atoms with Crippen LogP contribution in [0.2, 0.25) is 0 Å². The van der Waals surface area contributed by atoms with Crippen molar-refractivity contribution in [2.24, 2.45) is 5.73 Å². The second-order valence-corrected chi connectivity index (χ2v) is 5.49. The smallest absolute Gasteiger partial charge is 0.250 e. The van der Waals surface area contributed by atoms with Gasteiger partial charge in [-0.3, -0.25) is 4.79 Å². The molecule has 0 radical (unpaired) electrons. The lowest BCUT2D eigenvalue weighted by Gasteiger charge is -2.38. The van der Waals surface area contributed by atoms with Crippen LogP contribution in [0, 0.1) is 0 Å². The normalized spacial score (nSPS) is 17.4. The first kappa shape index (κ1) is 13.5. The third-order valence-electron chi connectivity index (χ3n) is 4.10. The number of primary amides is 1. The van der Waals surface area contributed by atoms with Gasteiger partial charge in [0.2, 0.25) is 0 Å². The highest BCUT2D eigenvalue weighted by atomic mass is 16.1. The van der Waals surface area contributed by atoms with Crippen LogP contribution in [-0.2, 0) is 6.42 Å². The van der Waals surface area contributed by atoms with Gasteiger partial charge in [-0.25, -0.2) is 0 Å². The molecule has 1 atom stereocenters. The number of anilines is 3. The van der Waals surface area contributed by atoms with Gasteiger partial charge >= 0.3 is 0 Å². The van der Waals surface area contributed by atoms with Gasteiger partial charge in [0.1, 0.15) is 0 Å². The Kier molecular flexibility index (Phi) is 3.29. The molecule has 108 valence electrons. The predicted molar refractivity (Wildman–Crippen MR) is 85.7 cm³/mol. The Labute approximate surface area is 124 Å². The quantitative estimate of drug-likeness (QED) is 0.831. The number of amides is 1. The van der Waals surface area contributed by atoms with Crippen molar-refractivity contribution in [2.75, 3.05) is 10.6 Å². The lowest BCUT2D eigenvalue weighted by molar-refractivity contribution is 0.100. The number of fused-ring (bicyclic) bond motifs is 1. The molecule has 0 spiro atoms.